The molecule has 0 saturated carbocycles. The monoisotopic (exact) mass is 142 g/mol. The molecule has 0 aromatic carbocycles. The van der Waals surface area contributed by atoms with Crippen molar-refractivity contribution in [1.82, 2.24) is 0 Å². The highest BCUT2D eigenvalue weighted by Gasteiger charge is 2.26. The fourth-order valence-electron chi connectivity index (χ4n) is 0.752. The molecule has 0 aliphatic carbocycles. The first-order valence-corrected chi connectivity index (χ1v) is 2.77. The summed E-state index contributed by atoms with van der Waals surface area (Å²) in [5, 5.41) is 8.40. The van der Waals surface area contributed by atoms with Crippen molar-refractivity contribution in [2.45, 2.75) is 13.0 Å². The molecule has 1 N–H and O–H groups in total. The Bertz CT molecular complexity index is 216. The lowest BCUT2D eigenvalue weighted by atomic mass is 10.2. The molecule has 1 aliphatic rings. The molecule has 0 saturated heterocycles. The first-order valence-electron chi connectivity index (χ1n) is 2.77. The van der Waals surface area contributed by atoms with E-state index < -0.39 is 18.0 Å². The van der Waals surface area contributed by atoms with Gasteiger partial charge in [-0.2, -0.15) is 0 Å². The topological polar surface area (TPSA) is 63.6 Å². The van der Waals surface area contributed by atoms with Crippen LogP contribution in [0.25, 0.3) is 0 Å². The van der Waals surface area contributed by atoms with Crippen LogP contribution >= 0.6 is 0 Å². The van der Waals surface area contributed by atoms with E-state index in [4.69, 9.17) is 5.11 Å². The quantitative estimate of drug-likeness (QED) is 0.521. The van der Waals surface area contributed by atoms with Gasteiger partial charge in [-0.05, 0) is 6.92 Å². The summed E-state index contributed by atoms with van der Waals surface area (Å²) in [5.41, 5.74) is 0.0185. The van der Waals surface area contributed by atoms with Gasteiger partial charge in [-0.25, -0.2) is 9.59 Å². The molecule has 4 heteroatoms. The molecule has 0 amide bonds. The minimum atomic E-state index is -1.10. The fraction of sp³-hybridized carbons (Fsp3) is 0.333. The van der Waals surface area contributed by atoms with Crippen LogP contribution in [0.1, 0.15) is 6.92 Å². The van der Waals surface area contributed by atoms with Gasteiger partial charge in [0.25, 0.3) is 0 Å². The second-order valence-corrected chi connectivity index (χ2v) is 1.98. The van der Waals surface area contributed by atoms with E-state index in [-0.39, 0.29) is 5.57 Å². The number of hydrogen-bond donors (Lipinski definition) is 1. The average molecular weight is 142 g/mol. The molecule has 0 bridgehead atoms. The van der Waals surface area contributed by atoms with Crippen molar-refractivity contribution in [3.05, 3.63) is 11.6 Å². The second-order valence-electron chi connectivity index (χ2n) is 1.98. The molecule has 0 spiro atoms. The predicted molar refractivity (Wildman–Crippen MR) is 31.3 cm³/mol. The van der Waals surface area contributed by atoms with Crippen molar-refractivity contribution in [1.29, 1.82) is 0 Å². The lowest BCUT2D eigenvalue weighted by Crippen LogP contribution is -2.12. The lowest BCUT2D eigenvalue weighted by Gasteiger charge is -2.02. The van der Waals surface area contributed by atoms with Crippen molar-refractivity contribution in [2.75, 3.05) is 0 Å². The maximum atomic E-state index is 10.4. The highest BCUT2D eigenvalue weighted by atomic mass is 16.5. The molecular weight excluding hydrogens is 136 g/mol. The van der Waals surface area contributed by atoms with Gasteiger partial charge in [0.1, 0.15) is 6.10 Å². The van der Waals surface area contributed by atoms with E-state index in [1.54, 1.807) is 0 Å². The Morgan fingerprint density at radius 3 is 2.60 bits per heavy atom. The number of carboxylic acids is 1. The molecule has 0 aromatic heterocycles. The summed E-state index contributed by atoms with van der Waals surface area (Å²) in [5.74, 6) is -1.68. The van der Waals surface area contributed by atoms with E-state index in [2.05, 4.69) is 4.74 Å². The third kappa shape index (κ3) is 1.00. The summed E-state index contributed by atoms with van der Waals surface area (Å²) < 4.78 is 4.52. The van der Waals surface area contributed by atoms with Gasteiger partial charge < -0.3 is 9.84 Å². The summed E-state index contributed by atoms with van der Waals surface area (Å²) in [4.78, 5) is 20.7. The summed E-state index contributed by atoms with van der Waals surface area (Å²) in [6.07, 6.45) is 0.387. The van der Waals surface area contributed by atoms with E-state index in [1.807, 2.05) is 0 Å². The fourth-order valence-corrected chi connectivity index (χ4v) is 0.752. The molecule has 4 nitrogen and oxygen atoms in total. The normalized spacial score (nSPS) is 23.9. The van der Waals surface area contributed by atoms with Gasteiger partial charge in [0.15, 0.2) is 0 Å². The van der Waals surface area contributed by atoms with Gasteiger partial charge in [0.05, 0.1) is 5.57 Å². The maximum absolute atomic E-state index is 10.4. The third-order valence-electron chi connectivity index (χ3n) is 1.25. The van der Waals surface area contributed by atoms with Crippen LogP contribution in [-0.4, -0.2) is 23.1 Å². The van der Waals surface area contributed by atoms with Crippen molar-refractivity contribution < 1.29 is 19.4 Å². The van der Waals surface area contributed by atoms with Gasteiger partial charge >= 0.3 is 11.9 Å². The number of esters is 1. The van der Waals surface area contributed by atoms with E-state index in [0.717, 1.165) is 6.08 Å². The molecule has 0 aromatic rings. The zero-order chi connectivity index (χ0) is 7.72. The van der Waals surface area contributed by atoms with Gasteiger partial charge in [-0.15, -0.1) is 0 Å². The van der Waals surface area contributed by atoms with E-state index in [9.17, 15) is 9.59 Å². The summed E-state index contributed by atoms with van der Waals surface area (Å²) in [6, 6.07) is 0. The SMILES string of the molecule is CC1OC(=O)C=C1C(=O)O. The Balaban J connectivity index is 2.85. The van der Waals surface area contributed by atoms with E-state index in [0.29, 0.717) is 0 Å². The van der Waals surface area contributed by atoms with Gasteiger partial charge in [-0.1, -0.05) is 0 Å². The Labute approximate surface area is 57.1 Å². The standard InChI is InChI=1S/C6H6O4/c1-3-4(6(8)9)2-5(7)10-3/h2-3H,1H3,(H,8,9). The molecule has 0 fully saturated rings. The molecule has 1 rings (SSSR count). The van der Waals surface area contributed by atoms with Crippen molar-refractivity contribution in [3.8, 4) is 0 Å². The first kappa shape index (κ1) is 6.80. The molecule has 1 unspecified atom stereocenters. The average Bonchev–Trinajstić information content (AvgIpc) is 2.10. The molecule has 1 heterocycles. The molecule has 10 heavy (non-hydrogen) atoms. The van der Waals surface area contributed by atoms with Crippen LogP contribution in [-0.2, 0) is 14.3 Å². The smallest absolute Gasteiger partial charge is 0.335 e. The van der Waals surface area contributed by atoms with Crippen LogP contribution in [0.4, 0.5) is 0 Å². The zero-order valence-corrected chi connectivity index (χ0v) is 5.33. The van der Waals surface area contributed by atoms with E-state index >= 15 is 0 Å². The van der Waals surface area contributed by atoms with Gasteiger partial charge in [0, 0.05) is 6.08 Å². The number of carboxylic acid groups (broad SMARTS) is 1. The Hall–Kier alpha value is -1.32. The molecule has 54 valence electrons. The molecule has 0 radical (unpaired) electrons. The summed E-state index contributed by atoms with van der Waals surface area (Å²) in [6.45, 7) is 1.52. The summed E-state index contributed by atoms with van der Waals surface area (Å²) >= 11 is 0. The number of carbonyl (C=O) groups excluding carboxylic acids is 1. The summed E-state index contributed by atoms with van der Waals surface area (Å²) in [7, 11) is 0. The van der Waals surface area contributed by atoms with Crippen LogP contribution in [0.15, 0.2) is 11.6 Å². The molecule has 1 atom stereocenters. The van der Waals surface area contributed by atoms with Crippen molar-refractivity contribution >= 4 is 11.9 Å². The predicted octanol–water partition coefficient (Wildman–Crippen LogP) is -0.0573. The number of aliphatic carboxylic acids is 1. The lowest BCUT2D eigenvalue weighted by molar-refractivity contribution is -0.139. The van der Waals surface area contributed by atoms with Crippen LogP contribution in [0, 0.1) is 0 Å². The number of carbonyl (C=O) groups is 2. The molecular formula is C6H6O4. The van der Waals surface area contributed by atoms with Crippen LogP contribution < -0.4 is 0 Å². The van der Waals surface area contributed by atoms with Crippen molar-refractivity contribution in [2.24, 2.45) is 0 Å². The Morgan fingerprint density at radius 2 is 2.40 bits per heavy atom. The first-order chi connectivity index (χ1) is 4.61. The van der Waals surface area contributed by atoms with Crippen LogP contribution in [0.5, 0.6) is 0 Å². The number of hydrogen-bond acceptors (Lipinski definition) is 3. The number of cyclic esters (lactones) is 1. The molecule has 1 aliphatic heterocycles. The minimum Gasteiger partial charge on any atom is -0.478 e. The zero-order valence-electron chi connectivity index (χ0n) is 5.33. The Kier molecular flexibility index (Phi) is 1.45. The highest BCUT2D eigenvalue weighted by molar-refractivity contribution is 5.99. The van der Waals surface area contributed by atoms with Crippen LogP contribution in [0.2, 0.25) is 0 Å². The minimum absolute atomic E-state index is 0.0185. The highest BCUT2D eigenvalue weighted by Crippen LogP contribution is 2.14. The van der Waals surface area contributed by atoms with Gasteiger partial charge in [-0.3, -0.25) is 0 Å². The third-order valence-corrected chi connectivity index (χ3v) is 1.25. The van der Waals surface area contributed by atoms with Crippen LogP contribution in [0.3, 0.4) is 0 Å². The number of ether oxygens (including phenoxy) is 1. The number of rotatable bonds is 1. The maximum Gasteiger partial charge on any atom is 0.335 e. The van der Waals surface area contributed by atoms with E-state index in [1.165, 1.54) is 6.92 Å². The second kappa shape index (κ2) is 2.13. The van der Waals surface area contributed by atoms with Gasteiger partial charge in [0.2, 0.25) is 0 Å². The largest absolute Gasteiger partial charge is 0.478 e. The Morgan fingerprint density at radius 1 is 1.80 bits per heavy atom. The van der Waals surface area contributed by atoms with Crippen molar-refractivity contribution in [3.63, 3.8) is 0 Å².